The number of aldehydes is 1. The third-order valence-electron chi connectivity index (χ3n) is 1.57. The van der Waals surface area contributed by atoms with Crippen LogP contribution in [0.15, 0.2) is 34.3 Å². The second-order valence-electron chi connectivity index (χ2n) is 2.30. The molecule has 60 valence electrons. The molecule has 0 N–H and O–H groups in total. The maximum Gasteiger partial charge on any atom is 0.154 e. The van der Waals surface area contributed by atoms with Crippen molar-refractivity contribution in [2.75, 3.05) is 0 Å². The molecule has 12 heavy (non-hydrogen) atoms. The molecule has 0 aliphatic heterocycles. The van der Waals surface area contributed by atoms with Crippen LogP contribution in [0.5, 0.6) is 0 Å². The Morgan fingerprint density at radius 2 is 2.33 bits per heavy atom. The van der Waals surface area contributed by atoms with Gasteiger partial charge in [0.05, 0.1) is 16.7 Å². The summed E-state index contributed by atoms with van der Waals surface area (Å²) in [7, 11) is 0. The van der Waals surface area contributed by atoms with Crippen LogP contribution in [0.25, 0.3) is 10.6 Å². The standard InChI is InChI=1S/C9H6O2S/c10-6-7-3-4-11-9(7)8-2-1-5-12-8/h1-6H. The van der Waals surface area contributed by atoms with Crippen LogP contribution < -0.4 is 0 Å². The topological polar surface area (TPSA) is 30.2 Å². The zero-order chi connectivity index (χ0) is 8.39. The molecular formula is C9H6O2S. The predicted octanol–water partition coefficient (Wildman–Crippen LogP) is 2.82. The van der Waals surface area contributed by atoms with Gasteiger partial charge < -0.3 is 4.42 Å². The quantitative estimate of drug-likeness (QED) is 0.662. The summed E-state index contributed by atoms with van der Waals surface area (Å²) in [6.07, 6.45) is 2.33. The zero-order valence-electron chi connectivity index (χ0n) is 6.19. The van der Waals surface area contributed by atoms with Gasteiger partial charge in [-0.3, -0.25) is 4.79 Å². The molecule has 0 atom stereocenters. The van der Waals surface area contributed by atoms with Gasteiger partial charge in [0.15, 0.2) is 12.0 Å². The van der Waals surface area contributed by atoms with Crippen LogP contribution in [0.1, 0.15) is 10.4 Å². The number of hydrogen-bond donors (Lipinski definition) is 0. The molecule has 0 saturated carbocycles. The van der Waals surface area contributed by atoms with Crippen LogP contribution in [0.4, 0.5) is 0 Å². The molecule has 0 saturated heterocycles. The van der Waals surface area contributed by atoms with Crippen LogP contribution in [0.2, 0.25) is 0 Å². The fourth-order valence-electron chi connectivity index (χ4n) is 1.02. The van der Waals surface area contributed by atoms with Gasteiger partial charge in [-0.1, -0.05) is 6.07 Å². The Morgan fingerprint density at radius 1 is 1.42 bits per heavy atom. The van der Waals surface area contributed by atoms with E-state index < -0.39 is 0 Å². The van der Waals surface area contributed by atoms with Crippen molar-refractivity contribution in [3.05, 3.63) is 35.4 Å². The van der Waals surface area contributed by atoms with Gasteiger partial charge in [0.1, 0.15) is 0 Å². The van der Waals surface area contributed by atoms with Crippen LogP contribution in [0.3, 0.4) is 0 Å². The van der Waals surface area contributed by atoms with Gasteiger partial charge in [-0.2, -0.15) is 0 Å². The van der Waals surface area contributed by atoms with Crippen molar-refractivity contribution in [3.8, 4) is 10.6 Å². The van der Waals surface area contributed by atoms with E-state index in [4.69, 9.17) is 4.42 Å². The summed E-state index contributed by atoms with van der Waals surface area (Å²) in [5.41, 5.74) is 0.609. The molecule has 2 aromatic rings. The Labute approximate surface area is 73.4 Å². The molecule has 0 radical (unpaired) electrons. The normalized spacial score (nSPS) is 10.0. The molecule has 0 aromatic carbocycles. The van der Waals surface area contributed by atoms with E-state index >= 15 is 0 Å². The summed E-state index contributed by atoms with van der Waals surface area (Å²) in [5, 5.41) is 1.95. The fourth-order valence-corrected chi connectivity index (χ4v) is 1.75. The molecule has 3 heteroatoms. The van der Waals surface area contributed by atoms with Crippen LogP contribution >= 0.6 is 11.3 Å². The Balaban J connectivity index is 2.53. The van der Waals surface area contributed by atoms with Gasteiger partial charge in [-0.15, -0.1) is 11.3 Å². The minimum absolute atomic E-state index is 0.609. The third-order valence-corrected chi connectivity index (χ3v) is 2.44. The minimum Gasteiger partial charge on any atom is -0.463 e. The molecule has 0 aliphatic carbocycles. The van der Waals surface area contributed by atoms with Crippen molar-refractivity contribution in [3.63, 3.8) is 0 Å². The lowest BCUT2D eigenvalue weighted by atomic mass is 10.2. The molecule has 2 aromatic heterocycles. The zero-order valence-corrected chi connectivity index (χ0v) is 7.01. The monoisotopic (exact) mass is 178 g/mol. The maximum atomic E-state index is 10.5. The average Bonchev–Trinajstić information content (AvgIpc) is 2.74. The first kappa shape index (κ1) is 7.31. The highest BCUT2D eigenvalue weighted by atomic mass is 32.1. The molecule has 0 spiro atoms. The summed E-state index contributed by atoms with van der Waals surface area (Å²) >= 11 is 1.56. The van der Waals surface area contributed by atoms with E-state index in [9.17, 15) is 4.79 Å². The SMILES string of the molecule is O=Cc1ccoc1-c1cccs1. The summed E-state index contributed by atoms with van der Waals surface area (Å²) in [4.78, 5) is 11.5. The van der Waals surface area contributed by atoms with Crippen molar-refractivity contribution < 1.29 is 9.21 Å². The number of rotatable bonds is 2. The number of furan rings is 1. The van der Waals surface area contributed by atoms with E-state index in [1.165, 1.54) is 6.26 Å². The lowest BCUT2D eigenvalue weighted by molar-refractivity contribution is 0.112. The second kappa shape index (κ2) is 2.95. The number of carbonyl (C=O) groups excluding carboxylic acids is 1. The van der Waals surface area contributed by atoms with E-state index in [1.54, 1.807) is 17.4 Å². The van der Waals surface area contributed by atoms with Crippen molar-refractivity contribution >= 4 is 17.6 Å². The number of hydrogen-bond acceptors (Lipinski definition) is 3. The van der Waals surface area contributed by atoms with Gasteiger partial charge >= 0.3 is 0 Å². The Morgan fingerprint density at radius 3 is 3.00 bits per heavy atom. The number of thiophene rings is 1. The number of carbonyl (C=O) groups is 1. The lowest BCUT2D eigenvalue weighted by Crippen LogP contribution is -1.76. The summed E-state index contributed by atoms with van der Waals surface area (Å²) in [5.74, 6) is 0.667. The molecule has 0 fully saturated rings. The first-order valence-corrected chi connectivity index (χ1v) is 4.36. The van der Waals surface area contributed by atoms with E-state index in [0.29, 0.717) is 11.3 Å². The lowest BCUT2D eigenvalue weighted by Gasteiger charge is -1.89. The second-order valence-corrected chi connectivity index (χ2v) is 3.25. The van der Waals surface area contributed by atoms with Crippen molar-refractivity contribution in [2.45, 2.75) is 0 Å². The molecule has 2 heterocycles. The van der Waals surface area contributed by atoms with Gasteiger partial charge in [-0.05, 0) is 17.5 Å². The van der Waals surface area contributed by atoms with E-state index in [-0.39, 0.29) is 0 Å². The molecule has 0 bridgehead atoms. The summed E-state index contributed by atoms with van der Waals surface area (Å²) in [6, 6.07) is 5.52. The van der Waals surface area contributed by atoms with Crippen LogP contribution in [0, 0.1) is 0 Å². The van der Waals surface area contributed by atoms with E-state index in [1.807, 2.05) is 17.5 Å². The Kier molecular flexibility index (Phi) is 1.80. The Bertz CT molecular complexity index is 373. The van der Waals surface area contributed by atoms with Crippen LogP contribution in [-0.2, 0) is 0 Å². The van der Waals surface area contributed by atoms with Crippen LogP contribution in [-0.4, -0.2) is 6.29 Å². The fraction of sp³-hybridized carbons (Fsp3) is 0. The molecule has 0 aliphatic rings. The predicted molar refractivity (Wildman–Crippen MR) is 47.4 cm³/mol. The van der Waals surface area contributed by atoms with E-state index in [2.05, 4.69) is 0 Å². The third kappa shape index (κ3) is 1.08. The Hall–Kier alpha value is -1.35. The van der Waals surface area contributed by atoms with E-state index in [0.717, 1.165) is 11.2 Å². The van der Waals surface area contributed by atoms with Gasteiger partial charge in [0.25, 0.3) is 0 Å². The van der Waals surface area contributed by atoms with Crippen molar-refractivity contribution in [1.29, 1.82) is 0 Å². The molecular weight excluding hydrogens is 172 g/mol. The maximum absolute atomic E-state index is 10.5. The molecule has 0 amide bonds. The summed E-state index contributed by atoms with van der Waals surface area (Å²) in [6.45, 7) is 0. The van der Waals surface area contributed by atoms with Crippen molar-refractivity contribution in [1.82, 2.24) is 0 Å². The highest BCUT2D eigenvalue weighted by molar-refractivity contribution is 7.13. The molecule has 0 unspecified atom stereocenters. The van der Waals surface area contributed by atoms with Gasteiger partial charge in [0.2, 0.25) is 0 Å². The smallest absolute Gasteiger partial charge is 0.154 e. The first-order chi connectivity index (χ1) is 5.92. The molecule has 2 rings (SSSR count). The summed E-state index contributed by atoms with van der Waals surface area (Å²) < 4.78 is 5.18. The molecule has 2 nitrogen and oxygen atoms in total. The van der Waals surface area contributed by atoms with Gasteiger partial charge in [-0.25, -0.2) is 0 Å². The van der Waals surface area contributed by atoms with Crippen molar-refractivity contribution in [2.24, 2.45) is 0 Å². The average molecular weight is 178 g/mol. The highest BCUT2D eigenvalue weighted by Gasteiger charge is 2.07. The first-order valence-electron chi connectivity index (χ1n) is 3.48. The largest absolute Gasteiger partial charge is 0.463 e. The highest BCUT2D eigenvalue weighted by Crippen LogP contribution is 2.27. The minimum atomic E-state index is 0.609. The van der Waals surface area contributed by atoms with Gasteiger partial charge in [0, 0.05) is 0 Å².